The van der Waals surface area contributed by atoms with Gasteiger partial charge < -0.3 is 10.0 Å². The standard InChI is InChI=1S/C19H18BrCl2N3O3/c1-4-25-10(2)19(20,12-8-23-24(3)9-12)17(26)15(18(27)28)16(25)11-5-6-13(21)14(22)7-11/h5-10H,4H2,1-3H3,(H,27,28). The fourth-order valence-corrected chi connectivity index (χ4v) is 4.54. The first kappa shape index (κ1) is 20.9. The number of carboxylic acid groups (broad SMARTS) is 1. The lowest BCUT2D eigenvalue weighted by Crippen LogP contribution is -2.54. The van der Waals surface area contributed by atoms with Crippen molar-refractivity contribution in [2.45, 2.75) is 24.2 Å². The highest BCUT2D eigenvalue weighted by atomic mass is 79.9. The number of halogens is 3. The number of nitrogens with zero attached hydrogens (tertiary/aromatic N) is 3. The molecule has 3 rings (SSSR count). The van der Waals surface area contributed by atoms with E-state index in [2.05, 4.69) is 21.0 Å². The van der Waals surface area contributed by atoms with Crippen molar-refractivity contribution in [1.29, 1.82) is 0 Å². The zero-order valence-electron chi connectivity index (χ0n) is 15.4. The zero-order chi connectivity index (χ0) is 20.8. The van der Waals surface area contributed by atoms with E-state index in [-0.39, 0.29) is 16.6 Å². The summed E-state index contributed by atoms with van der Waals surface area (Å²) in [6.07, 6.45) is 3.28. The molecule has 0 radical (unpaired) electrons. The van der Waals surface area contributed by atoms with Crippen molar-refractivity contribution in [2.24, 2.45) is 7.05 Å². The number of hydrogen-bond donors (Lipinski definition) is 1. The second-order valence-corrected chi connectivity index (χ2v) is 8.63. The molecule has 1 N–H and O–H groups in total. The molecule has 1 aromatic heterocycles. The van der Waals surface area contributed by atoms with Gasteiger partial charge in [-0.3, -0.25) is 9.48 Å². The van der Waals surface area contributed by atoms with Crippen LogP contribution in [0, 0.1) is 0 Å². The Balaban J connectivity index is 2.31. The number of ketones is 1. The SMILES string of the molecule is CCN1C(c2ccc(Cl)c(Cl)c2)=C(C(=O)O)C(=O)C(Br)(c2cnn(C)c2)C1C. The number of carbonyl (C=O) groups is 2. The highest BCUT2D eigenvalue weighted by Gasteiger charge is 2.53. The minimum atomic E-state index is -1.30. The lowest BCUT2D eigenvalue weighted by Gasteiger charge is -2.46. The van der Waals surface area contributed by atoms with Crippen LogP contribution in [0.3, 0.4) is 0 Å². The Morgan fingerprint density at radius 2 is 2.04 bits per heavy atom. The van der Waals surface area contributed by atoms with Crippen LogP contribution in [0.2, 0.25) is 10.0 Å². The lowest BCUT2D eigenvalue weighted by molar-refractivity contribution is -0.135. The van der Waals surface area contributed by atoms with E-state index in [1.54, 1.807) is 42.3 Å². The largest absolute Gasteiger partial charge is 0.477 e. The molecule has 0 amide bonds. The molecule has 0 saturated carbocycles. The van der Waals surface area contributed by atoms with Crippen LogP contribution in [-0.2, 0) is 21.0 Å². The molecule has 6 nitrogen and oxygen atoms in total. The Morgan fingerprint density at radius 3 is 2.54 bits per heavy atom. The quantitative estimate of drug-likeness (QED) is 0.520. The summed E-state index contributed by atoms with van der Waals surface area (Å²) < 4.78 is 0.331. The van der Waals surface area contributed by atoms with Crippen LogP contribution in [0.25, 0.3) is 5.70 Å². The summed E-state index contributed by atoms with van der Waals surface area (Å²) in [5, 5.41) is 14.7. The van der Waals surface area contributed by atoms with Gasteiger partial charge in [0.2, 0.25) is 0 Å². The molecule has 0 fully saturated rings. The van der Waals surface area contributed by atoms with Crippen molar-refractivity contribution in [2.75, 3.05) is 6.54 Å². The predicted molar refractivity (Wildman–Crippen MR) is 112 cm³/mol. The van der Waals surface area contributed by atoms with Crippen molar-refractivity contribution in [3.63, 3.8) is 0 Å². The van der Waals surface area contributed by atoms with E-state index in [0.717, 1.165) is 0 Å². The molecular weight excluding hydrogens is 469 g/mol. The van der Waals surface area contributed by atoms with E-state index in [1.165, 1.54) is 0 Å². The first-order chi connectivity index (χ1) is 13.1. The van der Waals surface area contributed by atoms with Crippen molar-refractivity contribution in [3.05, 3.63) is 57.3 Å². The number of aryl methyl sites for hydroxylation is 1. The third kappa shape index (κ3) is 3.15. The van der Waals surface area contributed by atoms with Gasteiger partial charge in [0, 0.05) is 30.9 Å². The average Bonchev–Trinajstić information content (AvgIpc) is 3.08. The second kappa shape index (κ2) is 7.54. The molecule has 1 aromatic carbocycles. The average molecular weight is 487 g/mol. The maximum absolute atomic E-state index is 13.5. The van der Waals surface area contributed by atoms with Crippen molar-refractivity contribution in [3.8, 4) is 0 Å². The summed E-state index contributed by atoms with van der Waals surface area (Å²) in [5.74, 6) is -1.84. The monoisotopic (exact) mass is 485 g/mol. The van der Waals surface area contributed by atoms with Gasteiger partial charge in [0.15, 0.2) is 5.78 Å². The first-order valence-corrected chi connectivity index (χ1v) is 10.1. The van der Waals surface area contributed by atoms with Gasteiger partial charge in [-0.25, -0.2) is 4.79 Å². The molecule has 28 heavy (non-hydrogen) atoms. The van der Waals surface area contributed by atoms with E-state index in [9.17, 15) is 14.7 Å². The molecule has 9 heteroatoms. The number of alkyl halides is 1. The van der Waals surface area contributed by atoms with Gasteiger partial charge in [-0.2, -0.15) is 5.10 Å². The number of benzene rings is 1. The Kier molecular flexibility index (Phi) is 5.62. The van der Waals surface area contributed by atoms with Gasteiger partial charge in [0.25, 0.3) is 0 Å². The van der Waals surface area contributed by atoms with Gasteiger partial charge >= 0.3 is 5.97 Å². The normalized spacial score (nSPS) is 22.7. The summed E-state index contributed by atoms with van der Waals surface area (Å²) in [4.78, 5) is 27.6. The molecule has 2 atom stereocenters. The van der Waals surface area contributed by atoms with Gasteiger partial charge in [0.05, 0.1) is 28.0 Å². The summed E-state index contributed by atoms with van der Waals surface area (Å²) in [6, 6.07) is 4.45. The van der Waals surface area contributed by atoms with Crippen LogP contribution in [0.15, 0.2) is 36.2 Å². The molecule has 148 valence electrons. The molecular formula is C19H18BrCl2N3O3. The number of carboxylic acids is 1. The van der Waals surface area contributed by atoms with E-state index in [0.29, 0.717) is 28.4 Å². The molecule has 0 bridgehead atoms. The molecule has 0 spiro atoms. The van der Waals surface area contributed by atoms with Gasteiger partial charge in [-0.15, -0.1) is 0 Å². The topological polar surface area (TPSA) is 75.4 Å². The third-order valence-electron chi connectivity index (χ3n) is 5.00. The van der Waals surface area contributed by atoms with Crippen LogP contribution >= 0.6 is 39.1 Å². The van der Waals surface area contributed by atoms with Crippen molar-refractivity contribution in [1.82, 2.24) is 14.7 Å². The van der Waals surface area contributed by atoms with Crippen LogP contribution in [0.4, 0.5) is 0 Å². The highest BCUT2D eigenvalue weighted by molar-refractivity contribution is 9.10. The van der Waals surface area contributed by atoms with Crippen LogP contribution in [0.5, 0.6) is 0 Å². The number of rotatable bonds is 4. The Morgan fingerprint density at radius 1 is 1.36 bits per heavy atom. The molecule has 0 saturated heterocycles. The summed E-state index contributed by atoms with van der Waals surface area (Å²) in [6.45, 7) is 4.26. The van der Waals surface area contributed by atoms with Crippen LogP contribution < -0.4 is 0 Å². The zero-order valence-corrected chi connectivity index (χ0v) is 18.5. The minimum absolute atomic E-state index is 0.287. The number of likely N-dealkylation sites (N-methyl/N-ethyl adjacent to an activating group) is 1. The number of aromatic nitrogens is 2. The number of Topliss-reactive ketones (excluding diaryl/α,β-unsaturated/α-hetero) is 1. The van der Waals surface area contributed by atoms with Gasteiger partial charge in [-0.05, 0) is 26.0 Å². The number of aliphatic carboxylic acids is 1. The maximum atomic E-state index is 13.5. The summed E-state index contributed by atoms with van der Waals surface area (Å²) in [5.41, 5.74) is 1.14. The molecule has 1 aliphatic heterocycles. The fourth-order valence-electron chi connectivity index (χ4n) is 3.60. The third-order valence-corrected chi connectivity index (χ3v) is 7.22. The van der Waals surface area contributed by atoms with E-state index < -0.39 is 16.1 Å². The van der Waals surface area contributed by atoms with Crippen LogP contribution in [0.1, 0.15) is 25.0 Å². The Hall–Kier alpha value is -1.83. The number of hydrogen-bond acceptors (Lipinski definition) is 4. The molecule has 2 heterocycles. The Labute approximate surface area is 180 Å². The second-order valence-electron chi connectivity index (χ2n) is 6.56. The Bertz CT molecular complexity index is 1000. The van der Waals surface area contributed by atoms with E-state index in [4.69, 9.17) is 23.2 Å². The molecule has 0 aliphatic carbocycles. The maximum Gasteiger partial charge on any atom is 0.341 e. The molecule has 2 unspecified atom stereocenters. The van der Waals surface area contributed by atoms with Crippen LogP contribution in [-0.4, -0.2) is 44.1 Å². The van der Waals surface area contributed by atoms with Gasteiger partial charge in [0.1, 0.15) is 9.90 Å². The first-order valence-electron chi connectivity index (χ1n) is 8.55. The van der Waals surface area contributed by atoms with Crippen molar-refractivity contribution < 1.29 is 14.7 Å². The van der Waals surface area contributed by atoms with Gasteiger partial charge in [-0.1, -0.05) is 45.2 Å². The fraction of sp³-hybridized carbons (Fsp3) is 0.316. The summed E-state index contributed by atoms with van der Waals surface area (Å²) >= 11 is 15.7. The lowest BCUT2D eigenvalue weighted by atomic mass is 9.80. The molecule has 1 aliphatic rings. The smallest absolute Gasteiger partial charge is 0.341 e. The molecule has 2 aromatic rings. The number of carbonyl (C=O) groups excluding carboxylic acids is 1. The minimum Gasteiger partial charge on any atom is -0.477 e. The summed E-state index contributed by atoms with van der Waals surface area (Å²) in [7, 11) is 1.74. The van der Waals surface area contributed by atoms with E-state index in [1.807, 2.05) is 18.7 Å². The highest BCUT2D eigenvalue weighted by Crippen LogP contribution is 2.47. The van der Waals surface area contributed by atoms with E-state index >= 15 is 0 Å². The van der Waals surface area contributed by atoms with Crippen molar-refractivity contribution >= 4 is 56.6 Å². The predicted octanol–water partition coefficient (Wildman–Crippen LogP) is 4.11.